The third-order valence-corrected chi connectivity index (χ3v) is 4.65. The molecular weight excluding hydrogens is 448 g/mol. The first-order chi connectivity index (χ1) is 10.9. The van der Waals surface area contributed by atoms with Crippen molar-refractivity contribution in [3.8, 4) is 11.5 Å². The molecule has 2 rings (SSSR count). The van der Waals surface area contributed by atoms with Gasteiger partial charge in [0.1, 0.15) is 16.0 Å². The molecule has 1 aliphatic rings. The predicted molar refractivity (Wildman–Crippen MR) is 99.6 cm³/mol. The zero-order valence-electron chi connectivity index (χ0n) is 13.9. The average Bonchev–Trinajstić information content (AvgIpc) is 2.53. The van der Waals surface area contributed by atoms with Crippen molar-refractivity contribution >= 4 is 40.7 Å². The monoisotopic (exact) mass is 468 g/mol. The number of benzene rings is 1. The molecule has 1 aromatic carbocycles. The molecule has 1 fully saturated rings. The second kappa shape index (κ2) is 10.7. The Morgan fingerprint density at radius 2 is 1.60 bits per heavy atom. The van der Waals surface area contributed by atoms with Crippen LogP contribution in [0.2, 0.25) is 0 Å². The number of hydrogen-bond acceptors (Lipinski definition) is 4. The molecule has 0 aromatic heterocycles. The van der Waals surface area contributed by atoms with E-state index >= 15 is 0 Å². The van der Waals surface area contributed by atoms with Crippen molar-refractivity contribution in [3.05, 3.63) is 22.2 Å². The molecule has 0 spiro atoms. The maximum Gasteiger partial charge on any atom is 0.390 e. The summed E-state index contributed by atoms with van der Waals surface area (Å²) in [6.45, 7) is 2.50. The van der Waals surface area contributed by atoms with Crippen LogP contribution in [-0.4, -0.2) is 51.5 Å². The van der Waals surface area contributed by atoms with Crippen LogP contribution in [0.25, 0.3) is 0 Å². The molecule has 0 bridgehead atoms. The van der Waals surface area contributed by atoms with Crippen LogP contribution < -0.4 is 14.8 Å². The van der Waals surface area contributed by atoms with Crippen LogP contribution in [0.5, 0.6) is 11.5 Å². The zero-order valence-corrected chi connectivity index (χ0v) is 17.1. The van der Waals surface area contributed by atoms with Crippen LogP contribution in [0, 0.1) is 0 Å². The highest BCUT2D eigenvalue weighted by Gasteiger charge is 2.36. The molecule has 4 nitrogen and oxygen atoms in total. The highest BCUT2D eigenvalue weighted by atomic mass is 79.9. The Morgan fingerprint density at radius 1 is 1.12 bits per heavy atom. The van der Waals surface area contributed by atoms with Crippen molar-refractivity contribution in [1.29, 1.82) is 0 Å². The molecule has 10 heteroatoms. The first-order valence-corrected chi connectivity index (χ1v) is 8.08. The Kier molecular flexibility index (Phi) is 10.5. The number of nitrogens with zero attached hydrogens (tertiary/aromatic N) is 1. The van der Waals surface area contributed by atoms with Crippen molar-refractivity contribution in [2.24, 2.45) is 0 Å². The summed E-state index contributed by atoms with van der Waals surface area (Å²) in [5.41, 5.74) is 0.543. The summed E-state index contributed by atoms with van der Waals surface area (Å²) in [5, 5.41) is 3.16. The minimum absolute atomic E-state index is 0. The normalized spacial score (nSPS) is 16.4. The highest BCUT2D eigenvalue weighted by Crippen LogP contribution is 2.41. The first kappa shape index (κ1) is 24.6. The molecule has 25 heavy (non-hydrogen) atoms. The summed E-state index contributed by atoms with van der Waals surface area (Å²) >= 11 is 3.35. The van der Waals surface area contributed by atoms with Gasteiger partial charge in [0, 0.05) is 32.2 Å². The van der Waals surface area contributed by atoms with Crippen LogP contribution in [0.4, 0.5) is 13.2 Å². The fraction of sp³-hybridized carbons (Fsp3) is 0.600. The molecule has 0 amide bonds. The van der Waals surface area contributed by atoms with Gasteiger partial charge in [-0.25, -0.2) is 0 Å². The number of rotatable bonds is 5. The number of methoxy groups -OCH3 is 2. The van der Waals surface area contributed by atoms with Crippen molar-refractivity contribution in [1.82, 2.24) is 10.2 Å². The fourth-order valence-corrected chi connectivity index (χ4v) is 3.31. The Hall–Kier alpha value is -0.410. The Morgan fingerprint density at radius 3 is 2.00 bits per heavy atom. The third-order valence-electron chi connectivity index (χ3n) is 3.87. The lowest BCUT2D eigenvalue weighted by Crippen LogP contribution is -2.46. The molecule has 1 aromatic rings. The molecule has 1 heterocycles. The van der Waals surface area contributed by atoms with Crippen molar-refractivity contribution < 1.29 is 22.6 Å². The van der Waals surface area contributed by atoms with E-state index in [1.165, 1.54) is 14.2 Å². The number of halogens is 6. The van der Waals surface area contributed by atoms with E-state index in [4.69, 9.17) is 9.47 Å². The standard InChI is InChI=1S/C15H20BrF3N2O2.2ClH/c1-22-12-7-10(8-13(23-2)14(12)16)11(9-15(17,18)19)21-5-3-20-4-6-21;;/h7-8,11,20H,3-6,9H2,1-2H3;2*1H/t11-;;/m0../s1. The number of piperazine rings is 1. The van der Waals surface area contributed by atoms with Crippen LogP contribution >= 0.6 is 40.7 Å². The molecule has 146 valence electrons. The van der Waals surface area contributed by atoms with E-state index in [0.29, 0.717) is 47.7 Å². The minimum Gasteiger partial charge on any atom is -0.495 e. The van der Waals surface area contributed by atoms with E-state index in [-0.39, 0.29) is 24.8 Å². The molecule has 0 unspecified atom stereocenters. The van der Waals surface area contributed by atoms with Gasteiger partial charge < -0.3 is 14.8 Å². The summed E-state index contributed by atoms with van der Waals surface area (Å²) in [5.74, 6) is 0.920. The Labute approximate surface area is 166 Å². The summed E-state index contributed by atoms with van der Waals surface area (Å²) in [6, 6.07) is 2.53. The minimum atomic E-state index is -4.25. The van der Waals surface area contributed by atoms with Gasteiger partial charge in [0.25, 0.3) is 0 Å². The van der Waals surface area contributed by atoms with E-state index in [1.54, 1.807) is 12.1 Å². The van der Waals surface area contributed by atoms with Gasteiger partial charge >= 0.3 is 6.18 Å². The second-order valence-electron chi connectivity index (χ2n) is 5.36. The maximum absolute atomic E-state index is 13.1. The van der Waals surface area contributed by atoms with E-state index in [0.717, 1.165) is 0 Å². The van der Waals surface area contributed by atoms with Gasteiger partial charge in [0.05, 0.1) is 20.6 Å². The number of nitrogens with one attached hydrogen (secondary N) is 1. The summed E-state index contributed by atoms with van der Waals surface area (Å²) < 4.78 is 50.3. The molecular formula is C15H22BrCl2F3N2O2. The van der Waals surface area contributed by atoms with E-state index < -0.39 is 18.6 Å². The number of alkyl halides is 3. The van der Waals surface area contributed by atoms with Gasteiger partial charge in [-0.15, -0.1) is 24.8 Å². The van der Waals surface area contributed by atoms with Gasteiger partial charge in [-0.3, -0.25) is 4.90 Å². The van der Waals surface area contributed by atoms with Crippen molar-refractivity contribution in [2.75, 3.05) is 40.4 Å². The smallest absolute Gasteiger partial charge is 0.390 e. The highest BCUT2D eigenvalue weighted by molar-refractivity contribution is 9.10. The van der Waals surface area contributed by atoms with Crippen LogP contribution in [0.3, 0.4) is 0 Å². The molecule has 1 saturated heterocycles. The fourth-order valence-electron chi connectivity index (χ4n) is 2.75. The van der Waals surface area contributed by atoms with Gasteiger partial charge in [0.2, 0.25) is 0 Å². The van der Waals surface area contributed by atoms with Gasteiger partial charge in [0.15, 0.2) is 0 Å². The molecule has 1 atom stereocenters. The van der Waals surface area contributed by atoms with E-state index in [9.17, 15) is 13.2 Å². The SMILES string of the molecule is COc1cc([C@H](CC(F)(F)F)N2CCNCC2)cc(OC)c1Br.Cl.Cl. The Balaban J connectivity index is 0.00000288. The number of hydrogen-bond donors (Lipinski definition) is 1. The van der Waals surface area contributed by atoms with Crippen molar-refractivity contribution in [3.63, 3.8) is 0 Å². The molecule has 0 aliphatic carbocycles. The quantitative estimate of drug-likeness (QED) is 0.700. The van der Waals surface area contributed by atoms with E-state index in [2.05, 4.69) is 21.2 Å². The second-order valence-corrected chi connectivity index (χ2v) is 6.15. The van der Waals surface area contributed by atoms with E-state index in [1.807, 2.05) is 4.90 Å². The largest absolute Gasteiger partial charge is 0.495 e. The van der Waals surface area contributed by atoms with Gasteiger partial charge in [-0.1, -0.05) is 0 Å². The van der Waals surface area contributed by atoms with Crippen LogP contribution in [0.1, 0.15) is 18.0 Å². The summed E-state index contributed by atoms with van der Waals surface area (Å²) in [7, 11) is 2.96. The molecule has 1 aliphatic heterocycles. The first-order valence-electron chi connectivity index (χ1n) is 7.28. The summed E-state index contributed by atoms with van der Waals surface area (Å²) in [6.07, 6.45) is -5.15. The average molecular weight is 470 g/mol. The molecule has 0 radical (unpaired) electrons. The molecule has 1 N–H and O–H groups in total. The lowest BCUT2D eigenvalue weighted by atomic mass is 10.00. The predicted octanol–water partition coefficient (Wildman–Crippen LogP) is 4.21. The van der Waals surface area contributed by atoms with Gasteiger partial charge in [-0.05, 0) is 33.6 Å². The topological polar surface area (TPSA) is 33.7 Å². The third kappa shape index (κ3) is 6.67. The maximum atomic E-state index is 13.1. The lowest BCUT2D eigenvalue weighted by molar-refractivity contribution is -0.148. The summed E-state index contributed by atoms with van der Waals surface area (Å²) in [4.78, 5) is 1.85. The number of ether oxygens (including phenoxy) is 2. The van der Waals surface area contributed by atoms with Gasteiger partial charge in [-0.2, -0.15) is 13.2 Å². The lowest BCUT2D eigenvalue weighted by Gasteiger charge is -2.36. The molecule has 0 saturated carbocycles. The van der Waals surface area contributed by atoms with Crippen molar-refractivity contribution in [2.45, 2.75) is 18.6 Å². The van der Waals surface area contributed by atoms with Crippen LogP contribution in [0.15, 0.2) is 16.6 Å². The Bertz CT molecular complexity index is 519. The van der Waals surface area contributed by atoms with Crippen LogP contribution in [-0.2, 0) is 0 Å². The zero-order chi connectivity index (χ0) is 17.0.